The number of aromatic nitrogens is 4. The van der Waals surface area contributed by atoms with Gasteiger partial charge in [-0.05, 0) is 12.5 Å². The lowest BCUT2D eigenvalue weighted by Gasteiger charge is -2.06. The van der Waals surface area contributed by atoms with E-state index in [4.69, 9.17) is 9.47 Å². The Morgan fingerprint density at radius 2 is 2.04 bits per heavy atom. The first kappa shape index (κ1) is 16.8. The highest BCUT2D eigenvalue weighted by molar-refractivity contribution is 5.89. The summed E-state index contributed by atoms with van der Waals surface area (Å²) < 4.78 is 11.9. The largest absolute Gasteiger partial charge is 0.457 e. The van der Waals surface area contributed by atoms with E-state index in [1.165, 1.54) is 6.08 Å². The van der Waals surface area contributed by atoms with Crippen molar-refractivity contribution < 1.29 is 14.3 Å². The molecule has 7 heteroatoms. The van der Waals surface area contributed by atoms with Gasteiger partial charge in [-0.3, -0.25) is 0 Å². The van der Waals surface area contributed by atoms with Crippen LogP contribution in [0.2, 0.25) is 0 Å². The first-order chi connectivity index (χ1) is 12.2. The molecule has 0 fully saturated rings. The highest BCUT2D eigenvalue weighted by atomic mass is 16.5. The number of fused-ring (bicyclic) bond motifs is 1. The quantitative estimate of drug-likeness (QED) is 0.508. The summed E-state index contributed by atoms with van der Waals surface area (Å²) >= 11 is 0. The number of aryl methyl sites for hydroxylation is 1. The van der Waals surface area contributed by atoms with Gasteiger partial charge in [-0.15, -0.1) is 10.2 Å². The third-order valence-electron chi connectivity index (χ3n) is 3.71. The summed E-state index contributed by atoms with van der Waals surface area (Å²) in [5, 5.41) is 12.8. The third kappa shape index (κ3) is 3.14. The van der Waals surface area contributed by atoms with Gasteiger partial charge in [-0.25, -0.2) is 9.31 Å². The lowest BCUT2D eigenvalue weighted by Crippen LogP contribution is -2.14. The molecule has 7 nitrogen and oxygen atoms in total. The van der Waals surface area contributed by atoms with Crippen molar-refractivity contribution in [2.75, 3.05) is 13.7 Å². The van der Waals surface area contributed by atoms with Crippen LogP contribution in [0.1, 0.15) is 21.9 Å². The number of nitrogens with zero attached hydrogens (tertiary/aromatic N) is 4. The van der Waals surface area contributed by atoms with Crippen molar-refractivity contribution in [1.29, 1.82) is 0 Å². The standard InChI is InChI=1S/C18H18N4O3/c1-4-10-25-18(23)16-12(2)22-17(20-19-16)15(14(21-22)11-24-3)13-8-6-5-7-9-13/h4-9H,1,10-11H2,2-3H3. The van der Waals surface area contributed by atoms with Gasteiger partial charge in [0.25, 0.3) is 0 Å². The van der Waals surface area contributed by atoms with Crippen LogP contribution in [0.3, 0.4) is 0 Å². The minimum absolute atomic E-state index is 0.112. The lowest BCUT2D eigenvalue weighted by molar-refractivity contribution is 0.0539. The maximum Gasteiger partial charge on any atom is 0.361 e. The van der Waals surface area contributed by atoms with Crippen LogP contribution in [0, 0.1) is 6.92 Å². The molecule has 3 aromatic rings. The Hall–Kier alpha value is -3.06. The SMILES string of the molecule is C=CCOC(=O)c1nnc2c(-c3ccccc3)c(COC)nn2c1C. The molecule has 2 aromatic heterocycles. The van der Waals surface area contributed by atoms with E-state index < -0.39 is 5.97 Å². The molecule has 25 heavy (non-hydrogen) atoms. The predicted molar refractivity (Wildman–Crippen MR) is 92.1 cm³/mol. The normalized spacial score (nSPS) is 10.8. The maximum atomic E-state index is 12.1. The fraction of sp³-hybridized carbons (Fsp3) is 0.222. The summed E-state index contributed by atoms with van der Waals surface area (Å²) in [6.45, 7) is 5.71. The topological polar surface area (TPSA) is 78.6 Å². The maximum absolute atomic E-state index is 12.1. The fourth-order valence-electron chi connectivity index (χ4n) is 2.58. The van der Waals surface area contributed by atoms with Gasteiger partial charge >= 0.3 is 5.97 Å². The van der Waals surface area contributed by atoms with Crippen LogP contribution in [0.5, 0.6) is 0 Å². The Labute approximate surface area is 144 Å². The van der Waals surface area contributed by atoms with Crippen molar-refractivity contribution in [2.24, 2.45) is 0 Å². The molecular weight excluding hydrogens is 320 g/mol. The van der Waals surface area contributed by atoms with E-state index in [0.29, 0.717) is 17.9 Å². The van der Waals surface area contributed by atoms with E-state index in [1.807, 2.05) is 30.3 Å². The van der Waals surface area contributed by atoms with Crippen molar-refractivity contribution in [2.45, 2.75) is 13.5 Å². The number of rotatable bonds is 6. The molecule has 0 unspecified atom stereocenters. The molecule has 0 atom stereocenters. The molecule has 0 N–H and O–H groups in total. The van der Waals surface area contributed by atoms with Crippen LogP contribution in [0.25, 0.3) is 16.8 Å². The molecule has 128 valence electrons. The smallest absolute Gasteiger partial charge is 0.361 e. The number of hydrogen-bond acceptors (Lipinski definition) is 6. The molecule has 0 saturated carbocycles. The highest BCUT2D eigenvalue weighted by Gasteiger charge is 2.22. The van der Waals surface area contributed by atoms with Gasteiger partial charge in [-0.1, -0.05) is 43.0 Å². The molecular formula is C18H18N4O3. The number of methoxy groups -OCH3 is 1. The number of ether oxygens (including phenoxy) is 2. The van der Waals surface area contributed by atoms with Gasteiger partial charge in [0.15, 0.2) is 11.3 Å². The average Bonchev–Trinajstić information content (AvgIpc) is 3.00. The zero-order valence-corrected chi connectivity index (χ0v) is 14.1. The van der Waals surface area contributed by atoms with Crippen LogP contribution in [0.15, 0.2) is 43.0 Å². The van der Waals surface area contributed by atoms with Gasteiger partial charge in [0, 0.05) is 7.11 Å². The van der Waals surface area contributed by atoms with Crippen molar-refractivity contribution in [3.05, 3.63) is 60.1 Å². The average molecular weight is 338 g/mol. The van der Waals surface area contributed by atoms with E-state index >= 15 is 0 Å². The Balaban J connectivity index is 2.17. The zero-order chi connectivity index (χ0) is 17.8. The van der Waals surface area contributed by atoms with E-state index in [-0.39, 0.29) is 12.3 Å². The predicted octanol–water partition coefficient (Wildman–Crippen LogP) is 2.59. The molecule has 2 heterocycles. The number of esters is 1. The zero-order valence-electron chi connectivity index (χ0n) is 14.1. The first-order valence-electron chi connectivity index (χ1n) is 7.74. The third-order valence-corrected chi connectivity index (χ3v) is 3.71. The molecule has 0 radical (unpaired) electrons. The minimum atomic E-state index is -0.558. The van der Waals surface area contributed by atoms with Crippen LogP contribution < -0.4 is 0 Å². The molecule has 1 aromatic carbocycles. The Bertz CT molecular complexity index is 919. The van der Waals surface area contributed by atoms with Crippen LogP contribution >= 0.6 is 0 Å². The van der Waals surface area contributed by atoms with Crippen LogP contribution in [-0.4, -0.2) is 39.5 Å². The molecule has 0 amide bonds. The van der Waals surface area contributed by atoms with Crippen molar-refractivity contribution >= 4 is 11.6 Å². The highest BCUT2D eigenvalue weighted by Crippen LogP contribution is 2.28. The fourth-order valence-corrected chi connectivity index (χ4v) is 2.58. The number of hydrogen-bond donors (Lipinski definition) is 0. The molecule has 0 saturated heterocycles. The Morgan fingerprint density at radius 1 is 1.28 bits per heavy atom. The summed E-state index contributed by atoms with van der Waals surface area (Å²) in [5.74, 6) is -0.558. The molecule has 0 aliphatic carbocycles. The van der Waals surface area contributed by atoms with Crippen LogP contribution in [0.4, 0.5) is 0 Å². The van der Waals surface area contributed by atoms with E-state index in [0.717, 1.165) is 16.8 Å². The Kier molecular flexibility index (Phi) is 4.85. The molecule has 0 bridgehead atoms. The summed E-state index contributed by atoms with van der Waals surface area (Å²) in [7, 11) is 1.61. The second-order valence-electron chi connectivity index (χ2n) is 5.38. The van der Waals surface area contributed by atoms with Gasteiger partial charge in [0.1, 0.15) is 6.61 Å². The van der Waals surface area contributed by atoms with Gasteiger partial charge in [-0.2, -0.15) is 5.10 Å². The molecule has 3 rings (SSSR count). The van der Waals surface area contributed by atoms with Gasteiger partial charge in [0.05, 0.1) is 23.6 Å². The second kappa shape index (κ2) is 7.23. The van der Waals surface area contributed by atoms with Crippen molar-refractivity contribution in [3.8, 4) is 11.1 Å². The van der Waals surface area contributed by atoms with Crippen LogP contribution in [-0.2, 0) is 16.1 Å². The summed E-state index contributed by atoms with van der Waals surface area (Å²) in [6.07, 6.45) is 1.50. The van der Waals surface area contributed by atoms with Gasteiger partial charge in [0.2, 0.25) is 0 Å². The minimum Gasteiger partial charge on any atom is -0.457 e. The van der Waals surface area contributed by atoms with E-state index in [1.54, 1.807) is 18.5 Å². The molecule has 0 spiro atoms. The molecule has 0 aliphatic rings. The monoisotopic (exact) mass is 338 g/mol. The first-order valence-corrected chi connectivity index (χ1v) is 7.74. The number of benzene rings is 1. The van der Waals surface area contributed by atoms with Crippen molar-refractivity contribution in [3.63, 3.8) is 0 Å². The number of carbonyl (C=O) groups is 1. The van der Waals surface area contributed by atoms with Gasteiger partial charge < -0.3 is 9.47 Å². The summed E-state index contributed by atoms with van der Waals surface area (Å²) in [6, 6.07) is 9.77. The summed E-state index contributed by atoms with van der Waals surface area (Å²) in [5.41, 5.74) is 3.77. The van der Waals surface area contributed by atoms with Crippen molar-refractivity contribution in [1.82, 2.24) is 19.8 Å². The molecule has 0 aliphatic heterocycles. The second-order valence-corrected chi connectivity index (χ2v) is 5.38. The number of carbonyl (C=O) groups excluding carboxylic acids is 1. The summed E-state index contributed by atoms with van der Waals surface area (Å²) in [4.78, 5) is 12.1. The lowest BCUT2D eigenvalue weighted by atomic mass is 10.1. The Morgan fingerprint density at radius 3 is 2.72 bits per heavy atom. The van der Waals surface area contributed by atoms with E-state index in [9.17, 15) is 4.79 Å². The van der Waals surface area contributed by atoms with E-state index in [2.05, 4.69) is 21.9 Å².